The van der Waals surface area contributed by atoms with Gasteiger partial charge in [-0.2, -0.15) is 4.31 Å². The second kappa shape index (κ2) is 6.57. The van der Waals surface area contributed by atoms with Gasteiger partial charge >= 0.3 is 0 Å². The Balaban J connectivity index is 1.85. The maximum Gasteiger partial charge on any atom is 0.249 e. The van der Waals surface area contributed by atoms with Crippen LogP contribution in [0, 0.1) is 19.7 Å². The third kappa shape index (κ3) is 3.29. The number of sulfonamides is 1. The Hall–Kier alpha value is -2.26. The van der Waals surface area contributed by atoms with Crippen molar-refractivity contribution in [1.82, 2.24) is 9.46 Å². The van der Waals surface area contributed by atoms with E-state index >= 15 is 0 Å². The van der Waals surface area contributed by atoms with Crippen molar-refractivity contribution in [3.05, 3.63) is 41.5 Å². The van der Waals surface area contributed by atoms with Crippen LogP contribution in [0.15, 0.2) is 33.7 Å². The maximum absolute atomic E-state index is 13.0. The molecule has 1 saturated heterocycles. The van der Waals surface area contributed by atoms with E-state index in [1.54, 1.807) is 6.92 Å². The topological polar surface area (TPSA) is 92.5 Å². The molecule has 1 N–H and O–H groups in total. The molecule has 1 aliphatic rings. The van der Waals surface area contributed by atoms with Crippen LogP contribution in [-0.4, -0.2) is 36.4 Å². The van der Waals surface area contributed by atoms with Gasteiger partial charge in [-0.15, -0.1) is 0 Å². The van der Waals surface area contributed by atoms with Gasteiger partial charge in [-0.05, 0) is 51.0 Å². The molecule has 1 aliphatic heterocycles. The van der Waals surface area contributed by atoms with Crippen LogP contribution in [0.1, 0.15) is 24.3 Å². The third-order valence-corrected chi connectivity index (χ3v) is 6.31. The van der Waals surface area contributed by atoms with Gasteiger partial charge in [0.05, 0.1) is 0 Å². The van der Waals surface area contributed by atoms with E-state index in [2.05, 4.69) is 10.5 Å². The normalized spacial score (nSPS) is 18.4. The van der Waals surface area contributed by atoms with Crippen molar-refractivity contribution < 1.29 is 22.1 Å². The fourth-order valence-electron chi connectivity index (χ4n) is 3.01. The highest BCUT2D eigenvalue weighted by Gasteiger charge is 2.41. The molecule has 0 bridgehead atoms. The predicted molar refractivity (Wildman–Crippen MR) is 87.9 cm³/mol. The van der Waals surface area contributed by atoms with E-state index in [-0.39, 0.29) is 22.9 Å². The van der Waals surface area contributed by atoms with Gasteiger partial charge in [0.15, 0.2) is 5.76 Å². The molecule has 1 atom stereocenters. The minimum absolute atomic E-state index is 0.00832. The first-order chi connectivity index (χ1) is 11.8. The molecule has 0 unspecified atom stereocenters. The second-order valence-electron chi connectivity index (χ2n) is 5.92. The van der Waals surface area contributed by atoms with Crippen LogP contribution in [0.25, 0.3) is 0 Å². The van der Waals surface area contributed by atoms with Crippen LogP contribution in [0.4, 0.5) is 10.1 Å². The van der Waals surface area contributed by atoms with E-state index in [1.807, 2.05) is 0 Å². The first kappa shape index (κ1) is 17.6. The van der Waals surface area contributed by atoms with Gasteiger partial charge in [-0.3, -0.25) is 4.79 Å². The SMILES string of the molecule is Cc1noc(C)c1S(=O)(=O)N1CCC[C@H]1C(=O)Nc1ccc(F)cc1. The van der Waals surface area contributed by atoms with E-state index < -0.39 is 27.8 Å². The number of hydrogen-bond donors (Lipinski definition) is 1. The van der Waals surface area contributed by atoms with Crippen LogP contribution in [0.3, 0.4) is 0 Å². The van der Waals surface area contributed by atoms with Crippen molar-refractivity contribution in [2.75, 3.05) is 11.9 Å². The molecule has 0 spiro atoms. The average molecular weight is 367 g/mol. The number of anilines is 1. The van der Waals surface area contributed by atoms with E-state index in [4.69, 9.17) is 4.52 Å². The second-order valence-corrected chi connectivity index (χ2v) is 7.75. The highest BCUT2D eigenvalue weighted by Crippen LogP contribution is 2.30. The maximum atomic E-state index is 13.0. The van der Waals surface area contributed by atoms with E-state index in [0.29, 0.717) is 18.5 Å². The van der Waals surface area contributed by atoms with Gasteiger partial charge in [0.1, 0.15) is 22.4 Å². The number of rotatable bonds is 4. The third-order valence-electron chi connectivity index (χ3n) is 4.15. The Kier molecular flexibility index (Phi) is 4.61. The summed E-state index contributed by atoms with van der Waals surface area (Å²) in [7, 11) is -3.89. The summed E-state index contributed by atoms with van der Waals surface area (Å²) in [6, 6.07) is 4.47. The summed E-state index contributed by atoms with van der Waals surface area (Å²) >= 11 is 0. The van der Waals surface area contributed by atoms with E-state index in [1.165, 1.54) is 35.5 Å². The summed E-state index contributed by atoms with van der Waals surface area (Å²) in [4.78, 5) is 12.6. The zero-order valence-corrected chi connectivity index (χ0v) is 14.6. The lowest BCUT2D eigenvalue weighted by Gasteiger charge is -2.23. The van der Waals surface area contributed by atoms with Gasteiger partial charge in [0.25, 0.3) is 0 Å². The molecule has 2 heterocycles. The number of aryl methyl sites for hydroxylation is 2. The highest BCUT2D eigenvalue weighted by molar-refractivity contribution is 7.89. The molecular formula is C16H18FN3O4S. The summed E-state index contributed by atoms with van der Waals surface area (Å²) in [6.45, 7) is 3.32. The van der Waals surface area contributed by atoms with Crippen molar-refractivity contribution >= 4 is 21.6 Å². The summed E-state index contributed by atoms with van der Waals surface area (Å²) < 4.78 is 45.0. The number of carbonyl (C=O) groups is 1. The van der Waals surface area contributed by atoms with Crippen LogP contribution in [0.5, 0.6) is 0 Å². The number of benzene rings is 1. The van der Waals surface area contributed by atoms with Crippen LogP contribution >= 0.6 is 0 Å². The molecule has 25 heavy (non-hydrogen) atoms. The van der Waals surface area contributed by atoms with Gasteiger partial charge < -0.3 is 9.84 Å². The fraction of sp³-hybridized carbons (Fsp3) is 0.375. The first-order valence-electron chi connectivity index (χ1n) is 7.82. The summed E-state index contributed by atoms with van der Waals surface area (Å²) in [5.74, 6) is -0.664. The molecule has 0 saturated carbocycles. The van der Waals surface area contributed by atoms with Crippen LogP contribution in [-0.2, 0) is 14.8 Å². The Labute approximate surface area is 144 Å². The number of carbonyl (C=O) groups excluding carboxylic acids is 1. The zero-order chi connectivity index (χ0) is 18.2. The summed E-state index contributed by atoms with van der Waals surface area (Å²) in [5.41, 5.74) is 0.676. The predicted octanol–water partition coefficient (Wildman–Crippen LogP) is 2.22. The van der Waals surface area contributed by atoms with Gasteiger partial charge in [0, 0.05) is 12.2 Å². The Morgan fingerprint density at radius 2 is 2.00 bits per heavy atom. The number of nitrogens with zero attached hydrogens (tertiary/aromatic N) is 2. The lowest BCUT2D eigenvalue weighted by Crippen LogP contribution is -2.43. The number of aromatic nitrogens is 1. The molecule has 3 rings (SSSR count). The Morgan fingerprint density at radius 3 is 2.60 bits per heavy atom. The highest BCUT2D eigenvalue weighted by atomic mass is 32.2. The molecule has 134 valence electrons. The molecule has 1 aromatic carbocycles. The van der Waals surface area contributed by atoms with Crippen molar-refractivity contribution in [2.45, 2.75) is 37.6 Å². The number of nitrogens with one attached hydrogen (secondary N) is 1. The summed E-state index contributed by atoms with van der Waals surface area (Å²) in [6.07, 6.45) is 0.986. The van der Waals surface area contributed by atoms with E-state index in [0.717, 1.165) is 0 Å². The zero-order valence-electron chi connectivity index (χ0n) is 13.8. The number of hydrogen-bond acceptors (Lipinski definition) is 5. The lowest BCUT2D eigenvalue weighted by atomic mass is 10.2. The molecule has 0 aliphatic carbocycles. The van der Waals surface area contributed by atoms with Crippen molar-refractivity contribution in [3.8, 4) is 0 Å². The number of halogens is 1. The van der Waals surface area contributed by atoms with Gasteiger partial charge in [-0.1, -0.05) is 5.16 Å². The fourth-order valence-corrected chi connectivity index (χ4v) is 4.96. The smallest absolute Gasteiger partial charge is 0.249 e. The first-order valence-corrected chi connectivity index (χ1v) is 9.26. The molecule has 1 aromatic heterocycles. The molecule has 2 aromatic rings. The minimum Gasteiger partial charge on any atom is -0.360 e. The average Bonchev–Trinajstić information content (AvgIpc) is 3.17. The Morgan fingerprint density at radius 1 is 1.32 bits per heavy atom. The molecule has 1 fully saturated rings. The van der Waals surface area contributed by atoms with Crippen LogP contribution in [0.2, 0.25) is 0 Å². The molecule has 0 radical (unpaired) electrons. The molecule has 7 nitrogen and oxygen atoms in total. The van der Waals surface area contributed by atoms with Gasteiger partial charge in [0.2, 0.25) is 15.9 Å². The summed E-state index contributed by atoms with van der Waals surface area (Å²) in [5, 5.41) is 6.32. The van der Waals surface area contributed by atoms with E-state index in [9.17, 15) is 17.6 Å². The monoisotopic (exact) mass is 367 g/mol. The largest absolute Gasteiger partial charge is 0.360 e. The quantitative estimate of drug-likeness (QED) is 0.894. The Bertz CT molecular complexity index is 873. The molecule has 1 amide bonds. The van der Waals surface area contributed by atoms with Crippen molar-refractivity contribution in [2.24, 2.45) is 0 Å². The van der Waals surface area contributed by atoms with Crippen LogP contribution < -0.4 is 5.32 Å². The van der Waals surface area contributed by atoms with Gasteiger partial charge in [-0.25, -0.2) is 12.8 Å². The van der Waals surface area contributed by atoms with Crippen molar-refractivity contribution in [3.63, 3.8) is 0 Å². The minimum atomic E-state index is -3.89. The number of amides is 1. The molecule has 9 heteroatoms. The lowest BCUT2D eigenvalue weighted by molar-refractivity contribution is -0.119. The molecular weight excluding hydrogens is 349 g/mol. The van der Waals surface area contributed by atoms with Crippen molar-refractivity contribution in [1.29, 1.82) is 0 Å². The standard InChI is InChI=1S/C16H18FN3O4S/c1-10-15(11(2)24-19-10)25(22,23)20-9-3-4-14(20)16(21)18-13-7-5-12(17)6-8-13/h5-8,14H,3-4,9H2,1-2H3,(H,18,21)/t14-/m0/s1.